The van der Waals surface area contributed by atoms with Gasteiger partial charge in [-0.1, -0.05) is 34.2 Å². The molecule has 4 heteroatoms. The number of hydrogen-bond acceptors (Lipinski definition) is 3. The Balaban J connectivity index is 4.82. The molecule has 0 N–H and O–H groups in total. The first-order chi connectivity index (χ1) is 7.10. The Morgan fingerprint density at radius 1 is 0.933 bits per heavy atom. The lowest BCUT2D eigenvalue weighted by molar-refractivity contribution is -0.178. The smallest absolute Gasteiger partial charge is 0.166 e. The maximum atomic E-state index is 6.11. The van der Waals surface area contributed by atoms with Gasteiger partial charge < -0.3 is 4.43 Å². The number of rotatable bonds is 8. The number of nitrogens with zero attached hydrogens (tertiary/aromatic N) is 2. The molecule has 3 nitrogen and oxygen atoms in total. The van der Waals surface area contributed by atoms with Gasteiger partial charge in [-0.25, -0.2) is 0 Å². The molecule has 15 heavy (non-hydrogen) atoms. The van der Waals surface area contributed by atoms with Crippen LogP contribution in [0.3, 0.4) is 0 Å². The average molecular weight is 232 g/mol. The highest BCUT2D eigenvalue weighted by Crippen LogP contribution is 2.21. The van der Waals surface area contributed by atoms with Crippen molar-refractivity contribution in [2.75, 3.05) is 26.2 Å². The van der Waals surface area contributed by atoms with Gasteiger partial charge in [0.2, 0.25) is 0 Å². The summed E-state index contributed by atoms with van der Waals surface area (Å²) >= 11 is 0. The second-order valence-corrected chi connectivity index (χ2v) is 4.58. The van der Waals surface area contributed by atoms with Gasteiger partial charge in [0.15, 0.2) is 15.6 Å². The van der Waals surface area contributed by atoms with E-state index in [4.69, 9.17) is 4.43 Å². The predicted molar refractivity (Wildman–Crippen MR) is 69.7 cm³/mol. The normalized spacial score (nSPS) is 13.6. The maximum absolute atomic E-state index is 6.11. The first-order valence-electron chi connectivity index (χ1n) is 6.24. The van der Waals surface area contributed by atoms with Crippen molar-refractivity contribution in [1.82, 2.24) is 9.80 Å². The molecule has 92 valence electrons. The molecule has 0 radical (unpaired) electrons. The van der Waals surface area contributed by atoms with Crippen LogP contribution >= 0.6 is 0 Å². The standard InChI is InChI=1S/C11H28N2OSi/c1-7-12(8-2)11(5,14-15-6)13(9-3)10-4/h7-10,15H2,1-6H3. The van der Waals surface area contributed by atoms with Crippen LogP contribution in [0, 0.1) is 0 Å². The molecule has 0 aliphatic carbocycles. The minimum absolute atomic E-state index is 0.187. The number of hydrogen-bond donors (Lipinski definition) is 0. The molecule has 0 unspecified atom stereocenters. The molecule has 0 atom stereocenters. The summed E-state index contributed by atoms with van der Waals surface area (Å²) in [7, 11) is -0.396. The van der Waals surface area contributed by atoms with Gasteiger partial charge in [-0.15, -0.1) is 0 Å². The fraction of sp³-hybridized carbons (Fsp3) is 1.00. The summed E-state index contributed by atoms with van der Waals surface area (Å²) in [5, 5.41) is 0. The van der Waals surface area contributed by atoms with Crippen molar-refractivity contribution in [1.29, 1.82) is 0 Å². The summed E-state index contributed by atoms with van der Waals surface area (Å²) < 4.78 is 6.11. The maximum Gasteiger partial charge on any atom is 0.166 e. The Morgan fingerprint density at radius 2 is 1.27 bits per heavy atom. The Morgan fingerprint density at radius 3 is 1.47 bits per heavy atom. The van der Waals surface area contributed by atoms with Crippen molar-refractivity contribution in [3.63, 3.8) is 0 Å². The minimum atomic E-state index is -0.396. The molecule has 0 rings (SSSR count). The van der Waals surface area contributed by atoms with Crippen LogP contribution in [-0.4, -0.2) is 51.6 Å². The molecule has 0 amide bonds. The van der Waals surface area contributed by atoms with Crippen LogP contribution in [-0.2, 0) is 4.43 Å². The van der Waals surface area contributed by atoms with E-state index in [1.807, 2.05) is 0 Å². The summed E-state index contributed by atoms with van der Waals surface area (Å²) in [6.45, 7) is 17.4. The fourth-order valence-corrected chi connectivity index (χ4v) is 3.19. The van der Waals surface area contributed by atoms with Crippen molar-refractivity contribution in [3.05, 3.63) is 0 Å². The van der Waals surface area contributed by atoms with Gasteiger partial charge in [0.05, 0.1) is 0 Å². The second-order valence-electron chi connectivity index (χ2n) is 3.71. The summed E-state index contributed by atoms with van der Waals surface area (Å²) in [5.74, 6) is -0.187. The first-order valence-corrected chi connectivity index (χ1v) is 8.23. The highest BCUT2D eigenvalue weighted by molar-refractivity contribution is 6.24. The molecule has 0 saturated carbocycles. The molecule has 0 aromatic heterocycles. The highest BCUT2D eigenvalue weighted by Gasteiger charge is 2.34. The molecule has 0 aliphatic rings. The molecular weight excluding hydrogens is 204 g/mol. The Kier molecular flexibility index (Phi) is 7.43. The van der Waals surface area contributed by atoms with Crippen molar-refractivity contribution in [2.45, 2.75) is 47.0 Å². The molecule has 0 heterocycles. The van der Waals surface area contributed by atoms with Crippen LogP contribution in [0.4, 0.5) is 0 Å². The van der Waals surface area contributed by atoms with Gasteiger partial charge >= 0.3 is 0 Å². The van der Waals surface area contributed by atoms with Crippen molar-refractivity contribution < 1.29 is 4.43 Å². The van der Waals surface area contributed by atoms with Gasteiger partial charge in [0.25, 0.3) is 0 Å². The van der Waals surface area contributed by atoms with E-state index in [-0.39, 0.29) is 5.85 Å². The van der Waals surface area contributed by atoms with E-state index in [2.05, 4.69) is 51.0 Å². The largest absolute Gasteiger partial charge is 0.395 e. The zero-order valence-electron chi connectivity index (χ0n) is 11.3. The molecular formula is C11H28N2OSi. The van der Waals surface area contributed by atoms with E-state index >= 15 is 0 Å². The quantitative estimate of drug-likeness (QED) is 0.466. The van der Waals surface area contributed by atoms with Crippen molar-refractivity contribution in [3.8, 4) is 0 Å². The van der Waals surface area contributed by atoms with Gasteiger partial charge in [-0.2, -0.15) is 0 Å². The Hall–Kier alpha value is 0.0969. The van der Waals surface area contributed by atoms with Gasteiger partial charge in [-0.05, 0) is 33.1 Å². The van der Waals surface area contributed by atoms with E-state index < -0.39 is 9.76 Å². The van der Waals surface area contributed by atoms with Crippen LogP contribution in [0.5, 0.6) is 0 Å². The third-order valence-corrected chi connectivity index (χ3v) is 3.95. The lowest BCUT2D eigenvalue weighted by atomic mass is 10.3. The SMILES string of the molecule is CCN(CC)C(C)(O[SiH2]C)N(CC)CC. The summed E-state index contributed by atoms with van der Waals surface area (Å²) in [6.07, 6.45) is 0. The van der Waals surface area contributed by atoms with Crippen LogP contribution in [0.15, 0.2) is 0 Å². The van der Waals surface area contributed by atoms with Gasteiger partial charge in [0.1, 0.15) is 0 Å². The van der Waals surface area contributed by atoms with E-state index in [1.165, 1.54) is 0 Å². The molecule has 0 aromatic carbocycles. The van der Waals surface area contributed by atoms with E-state index in [9.17, 15) is 0 Å². The molecule has 0 bridgehead atoms. The molecule has 0 spiro atoms. The highest BCUT2D eigenvalue weighted by atomic mass is 28.2. The Bertz CT molecular complexity index is 147. The molecule has 0 aromatic rings. The molecule has 0 saturated heterocycles. The van der Waals surface area contributed by atoms with Crippen LogP contribution in [0.2, 0.25) is 6.55 Å². The summed E-state index contributed by atoms with van der Waals surface area (Å²) in [6, 6.07) is 0. The van der Waals surface area contributed by atoms with Gasteiger partial charge in [0, 0.05) is 0 Å². The fourth-order valence-electron chi connectivity index (χ4n) is 2.28. The minimum Gasteiger partial charge on any atom is -0.395 e. The third-order valence-electron chi connectivity index (χ3n) is 3.12. The van der Waals surface area contributed by atoms with Crippen LogP contribution in [0.25, 0.3) is 0 Å². The summed E-state index contributed by atoms with van der Waals surface area (Å²) in [5.41, 5.74) is 0. The zero-order chi connectivity index (χ0) is 11.9. The van der Waals surface area contributed by atoms with E-state index in [0.717, 1.165) is 26.2 Å². The Labute approximate surface area is 97.7 Å². The lowest BCUT2D eigenvalue weighted by Crippen LogP contribution is -2.60. The van der Waals surface area contributed by atoms with E-state index in [0.29, 0.717) is 0 Å². The second kappa shape index (κ2) is 7.38. The van der Waals surface area contributed by atoms with Crippen molar-refractivity contribution in [2.24, 2.45) is 0 Å². The molecule has 0 aliphatic heterocycles. The summed E-state index contributed by atoms with van der Waals surface area (Å²) in [4.78, 5) is 4.80. The van der Waals surface area contributed by atoms with Crippen molar-refractivity contribution >= 4 is 9.76 Å². The van der Waals surface area contributed by atoms with E-state index in [1.54, 1.807) is 0 Å². The zero-order valence-corrected chi connectivity index (χ0v) is 12.8. The topological polar surface area (TPSA) is 15.7 Å². The molecule has 0 fully saturated rings. The lowest BCUT2D eigenvalue weighted by Gasteiger charge is -2.47. The van der Waals surface area contributed by atoms with Crippen LogP contribution < -0.4 is 0 Å². The first kappa shape index (κ1) is 15.1. The van der Waals surface area contributed by atoms with Gasteiger partial charge in [-0.3, -0.25) is 9.80 Å². The average Bonchev–Trinajstić information content (AvgIpc) is 2.21. The van der Waals surface area contributed by atoms with Crippen LogP contribution in [0.1, 0.15) is 34.6 Å². The predicted octanol–water partition coefficient (Wildman–Crippen LogP) is 1.49. The monoisotopic (exact) mass is 232 g/mol. The third kappa shape index (κ3) is 3.55.